The third kappa shape index (κ3) is 2.40. The first kappa shape index (κ1) is 11.1. The van der Waals surface area contributed by atoms with E-state index in [0.717, 1.165) is 17.2 Å². The summed E-state index contributed by atoms with van der Waals surface area (Å²) in [6, 6.07) is 6.68. The molecule has 0 radical (unpaired) electrons. The van der Waals surface area contributed by atoms with Crippen molar-refractivity contribution in [1.29, 1.82) is 0 Å². The van der Waals surface area contributed by atoms with Gasteiger partial charge in [-0.25, -0.2) is 0 Å². The van der Waals surface area contributed by atoms with Crippen molar-refractivity contribution in [1.82, 2.24) is 4.98 Å². The van der Waals surface area contributed by atoms with Crippen molar-refractivity contribution in [2.75, 3.05) is 6.26 Å². The average Bonchev–Trinajstić information content (AvgIpc) is 2.15. The smallest absolute Gasteiger partial charge is 0.306 e. The maximum absolute atomic E-state index is 11.0. The fourth-order valence-corrected chi connectivity index (χ4v) is 2.08. The molecule has 4 nitrogen and oxygen atoms in total. The summed E-state index contributed by atoms with van der Waals surface area (Å²) in [7, 11) is -3.50. The first-order valence-corrected chi connectivity index (χ1v) is 6.69. The van der Waals surface area contributed by atoms with E-state index in [2.05, 4.69) is 4.98 Å². The van der Waals surface area contributed by atoms with Crippen LogP contribution in [0.25, 0.3) is 10.9 Å². The molecule has 2 rings (SSSR count). The zero-order valence-corrected chi connectivity index (χ0v) is 10.1. The summed E-state index contributed by atoms with van der Waals surface area (Å²) in [6.45, 7) is 0. The summed E-state index contributed by atoms with van der Waals surface area (Å²) < 4.78 is 27.4. The molecule has 0 amide bonds. The quantitative estimate of drug-likeness (QED) is 0.660. The highest BCUT2D eigenvalue weighted by Crippen LogP contribution is 2.20. The van der Waals surface area contributed by atoms with Crippen LogP contribution in [-0.2, 0) is 10.1 Å². The number of fused-ring (bicyclic) bond motifs is 1. The van der Waals surface area contributed by atoms with Crippen molar-refractivity contribution < 1.29 is 12.6 Å². The highest BCUT2D eigenvalue weighted by Gasteiger charge is 2.05. The topological polar surface area (TPSA) is 59.2 Å². The van der Waals surface area contributed by atoms with Gasteiger partial charge in [0.25, 0.3) is 0 Å². The number of pyridine rings is 1. The molecule has 16 heavy (non-hydrogen) atoms. The summed E-state index contributed by atoms with van der Waals surface area (Å²) >= 11 is 5.13. The van der Waals surface area contributed by atoms with Crippen LogP contribution in [0.1, 0.15) is 0 Å². The molecule has 0 atom stereocenters. The molecule has 0 fully saturated rings. The van der Waals surface area contributed by atoms with E-state index in [1.807, 2.05) is 0 Å². The third-order valence-corrected chi connectivity index (χ3v) is 2.83. The van der Waals surface area contributed by atoms with E-state index < -0.39 is 10.1 Å². The Morgan fingerprint density at radius 2 is 2.06 bits per heavy atom. The number of aromatic nitrogens is 1. The van der Waals surface area contributed by atoms with E-state index in [1.54, 1.807) is 30.5 Å². The van der Waals surface area contributed by atoms with Gasteiger partial charge < -0.3 is 9.17 Å². The van der Waals surface area contributed by atoms with E-state index in [0.29, 0.717) is 4.51 Å². The van der Waals surface area contributed by atoms with Gasteiger partial charge in [-0.05, 0) is 18.2 Å². The van der Waals surface area contributed by atoms with Crippen LogP contribution in [0.4, 0.5) is 0 Å². The van der Waals surface area contributed by atoms with Crippen molar-refractivity contribution in [2.24, 2.45) is 0 Å². The Morgan fingerprint density at radius 1 is 1.31 bits per heavy atom. The lowest BCUT2D eigenvalue weighted by molar-refractivity contribution is 0.493. The lowest BCUT2D eigenvalue weighted by Gasteiger charge is -2.04. The van der Waals surface area contributed by atoms with Crippen LogP contribution in [0.15, 0.2) is 30.5 Å². The van der Waals surface area contributed by atoms with Crippen LogP contribution in [-0.4, -0.2) is 19.7 Å². The molecule has 6 heteroatoms. The highest BCUT2D eigenvalue weighted by molar-refractivity contribution is 7.86. The maximum Gasteiger partial charge on any atom is 0.306 e. The number of benzene rings is 1. The summed E-state index contributed by atoms with van der Waals surface area (Å²) in [6.07, 6.45) is 2.71. The molecule has 2 aromatic rings. The van der Waals surface area contributed by atoms with Crippen LogP contribution in [0.2, 0.25) is 0 Å². The maximum atomic E-state index is 11.0. The molecule has 84 valence electrons. The molecular weight excluding hydrogens is 246 g/mol. The molecule has 0 saturated heterocycles. The number of hydrogen-bond acceptors (Lipinski definition) is 4. The molecule has 0 bridgehead atoms. The van der Waals surface area contributed by atoms with Crippen LogP contribution in [0.5, 0.6) is 5.75 Å². The molecule has 1 aromatic carbocycles. The Kier molecular flexibility index (Phi) is 2.69. The van der Waals surface area contributed by atoms with Gasteiger partial charge in [-0.15, -0.1) is 0 Å². The molecule has 0 saturated carbocycles. The lowest BCUT2D eigenvalue weighted by atomic mass is 10.2. The fraction of sp³-hybridized carbons (Fsp3) is 0.100. The highest BCUT2D eigenvalue weighted by atomic mass is 32.2. The molecule has 0 aliphatic carbocycles. The lowest BCUT2D eigenvalue weighted by Crippen LogP contribution is -2.05. The van der Waals surface area contributed by atoms with E-state index in [1.165, 1.54) is 0 Å². The summed E-state index contributed by atoms with van der Waals surface area (Å²) in [4.78, 5) is 2.98. The van der Waals surface area contributed by atoms with Crippen molar-refractivity contribution in [2.45, 2.75) is 0 Å². The molecule has 0 unspecified atom stereocenters. The largest absolute Gasteiger partial charge is 0.383 e. The Hall–Kier alpha value is -1.40. The van der Waals surface area contributed by atoms with Gasteiger partial charge in [0.05, 0.1) is 11.8 Å². The minimum Gasteiger partial charge on any atom is -0.383 e. The second kappa shape index (κ2) is 3.88. The summed E-state index contributed by atoms with van der Waals surface area (Å²) in [5.74, 6) is 0.270. The van der Waals surface area contributed by atoms with Gasteiger partial charge in [-0.2, -0.15) is 8.42 Å². The number of nitrogens with one attached hydrogen (secondary N) is 1. The van der Waals surface area contributed by atoms with Crippen molar-refractivity contribution >= 4 is 33.2 Å². The minimum absolute atomic E-state index is 0.270. The molecule has 0 aliphatic rings. The summed E-state index contributed by atoms with van der Waals surface area (Å²) in [5.41, 5.74) is 0.744. The molecule has 1 aromatic heterocycles. The molecular formula is C10H9NO3S2. The van der Waals surface area contributed by atoms with Crippen molar-refractivity contribution in [3.8, 4) is 5.75 Å². The third-order valence-electron chi connectivity index (χ3n) is 1.98. The molecule has 1 heterocycles. The van der Waals surface area contributed by atoms with Gasteiger partial charge in [0.2, 0.25) is 0 Å². The molecule has 0 aliphatic heterocycles. The van der Waals surface area contributed by atoms with Crippen molar-refractivity contribution in [3.63, 3.8) is 0 Å². The monoisotopic (exact) mass is 255 g/mol. The first-order chi connectivity index (χ1) is 7.46. The zero-order chi connectivity index (χ0) is 11.8. The van der Waals surface area contributed by atoms with Gasteiger partial charge >= 0.3 is 10.1 Å². The van der Waals surface area contributed by atoms with Gasteiger partial charge in [-0.1, -0.05) is 12.2 Å². The van der Waals surface area contributed by atoms with Crippen LogP contribution in [0.3, 0.4) is 0 Å². The number of aromatic amines is 1. The number of hydrogen-bond donors (Lipinski definition) is 1. The van der Waals surface area contributed by atoms with Crippen LogP contribution in [0, 0.1) is 4.51 Å². The van der Waals surface area contributed by atoms with Gasteiger partial charge in [0.15, 0.2) is 0 Å². The van der Waals surface area contributed by atoms with Crippen LogP contribution < -0.4 is 4.18 Å². The molecule has 1 N–H and O–H groups in total. The molecule has 0 spiro atoms. The Labute approximate surface area is 98.0 Å². The zero-order valence-electron chi connectivity index (χ0n) is 8.43. The Balaban J connectivity index is 2.57. The number of H-pyrrole nitrogens is 1. The first-order valence-electron chi connectivity index (χ1n) is 4.47. The fourth-order valence-electron chi connectivity index (χ4n) is 1.38. The summed E-state index contributed by atoms with van der Waals surface area (Å²) in [5, 5.41) is 0.860. The predicted octanol–water partition coefficient (Wildman–Crippen LogP) is 2.24. The normalized spacial score (nSPS) is 11.6. The van der Waals surface area contributed by atoms with E-state index in [9.17, 15) is 8.42 Å². The average molecular weight is 255 g/mol. The van der Waals surface area contributed by atoms with Crippen LogP contribution >= 0.6 is 12.2 Å². The predicted molar refractivity (Wildman–Crippen MR) is 64.6 cm³/mol. The second-order valence-electron chi connectivity index (χ2n) is 3.34. The van der Waals surface area contributed by atoms with E-state index in [-0.39, 0.29) is 5.75 Å². The standard InChI is InChI=1S/C10H9NO3S2/c1-16(12,13)14-7-2-3-8-9(6-7)11-5-4-10(8)15/h2-6H,1H3,(H,11,15). The van der Waals surface area contributed by atoms with Crippen molar-refractivity contribution in [3.05, 3.63) is 35.0 Å². The van der Waals surface area contributed by atoms with E-state index in [4.69, 9.17) is 16.4 Å². The minimum atomic E-state index is -3.50. The Morgan fingerprint density at radius 3 is 2.75 bits per heavy atom. The SMILES string of the molecule is CS(=O)(=O)Oc1ccc2c(=S)cc[nH]c2c1. The van der Waals surface area contributed by atoms with Gasteiger partial charge in [0.1, 0.15) is 5.75 Å². The van der Waals surface area contributed by atoms with Gasteiger partial charge in [0, 0.05) is 22.2 Å². The van der Waals surface area contributed by atoms with E-state index >= 15 is 0 Å². The second-order valence-corrected chi connectivity index (χ2v) is 5.35. The Bertz CT molecular complexity index is 689. The van der Waals surface area contributed by atoms with Gasteiger partial charge in [-0.3, -0.25) is 0 Å². The number of rotatable bonds is 2.